The Morgan fingerprint density at radius 2 is 2.04 bits per heavy atom. The third-order valence-electron chi connectivity index (χ3n) is 3.50. The summed E-state index contributed by atoms with van der Waals surface area (Å²) in [7, 11) is 0. The van der Waals surface area contributed by atoms with Gasteiger partial charge in [0.1, 0.15) is 16.4 Å². The van der Waals surface area contributed by atoms with E-state index in [4.69, 9.17) is 17.3 Å². The van der Waals surface area contributed by atoms with E-state index in [1.807, 2.05) is 13.0 Å². The second-order valence-electron chi connectivity index (χ2n) is 5.20. The summed E-state index contributed by atoms with van der Waals surface area (Å²) in [6.45, 7) is 1.95. The molecule has 0 fully saturated rings. The highest BCUT2D eigenvalue weighted by molar-refractivity contribution is 7.14. The smallest absolute Gasteiger partial charge is 0.255 e. The fourth-order valence-electron chi connectivity index (χ4n) is 2.40. The van der Waals surface area contributed by atoms with E-state index in [0.717, 1.165) is 15.8 Å². The summed E-state index contributed by atoms with van der Waals surface area (Å²) in [5.74, 6) is -0.373. The van der Waals surface area contributed by atoms with Crippen LogP contribution in [0, 0.1) is 6.92 Å². The molecule has 3 heterocycles. The molecule has 3 aromatic heterocycles. The van der Waals surface area contributed by atoms with Gasteiger partial charge < -0.3 is 10.8 Å². The third kappa shape index (κ3) is 2.36. The van der Waals surface area contributed by atoms with Crippen molar-refractivity contribution in [3.05, 3.63) is 34.4 Å². The third-order valence-corrected chi connectivity index (χ3v) is 4.72. The van der Waals surface area contributed by atoms with E-state index in [-0.39, 0.29) is 11.7 Å². The van der Waals surface area contributed by atoms with E-state index in [1.165, 1.54) is 11.3 Å². The maximum absolute atomic E-state index is 9.91. The van der Waals surface area contributed by atoms with Crippen LogP contribution in [-0.4, -0.2) is 30.3 Å². The zero-order valence-electron chi connectivity index (χ0n) is 12.4. The summed E-state index contributed by atoms with van der Waals surface area (Å²) < 4.78 is 0. The number of nitrogens with two attached hydrogens (primary N) is 1. The molecule has 24 heavy (non-hydrogen) atoms. The average molecular weight is 359 g/mol. The van der Waals surface area contributed by atoms with Crippen molar-refractivity contribution in [3.63, 3.8) is 0 Å². The van der Waals surface area contributed by atoms with Gasteiger partial charge in [-0.2, -0.15) is 5.10 Å². The van der Waals surface area contributed by atoms with Gasteiger partial charge in [-0.3, -0.25) is 5.10 Å². The lowest BCUT2D eigenvalue weighted by Gasteiger charge is -2.09. The molecule has 4 aromatic rings. The Hall–Kier alpha value is -2.71. The van der Waals surface area contributed by atoms with Crippen LogP contribution in [-0.2, 0) is 0 Å². The first-order valence-corrected chi connectivity index (χ1v) is 8.14. The Bertz CT molecular complexity index is 1070. The maximum atomic E-state index is 9.91. The van der Waals surface area contributed by atoms with Crippen LogP contribution in [0.4, 0.5) is 5.82 Å². The SMILES string of the molecule is Cc1cnc(-c2nc(N)c(O)nc2-c2cc(Cl)c3[nH]ncc3c2)s1. The van der Waals surface area contributed by atoms with Crippen LogP contribution in [0.1, 0.15) is 4.88 Å². The van der Waals surface area contributed by atoms with E-state index < -0.39 is 0 Å². The molecule has 0 bridgehead atoms. The number of nitrogen functional groups attached to an aromatic ring is 1. The van der Waals surface area contributed by atoms with Crippen LogP contribution in [0.2, 0.25) is 5.02 Å². The Morgan fingerprint density at radius 1 is 1.21 bits per heavy atom. The minimum Gasteiger partial charge on any atom is -0.491 e. The molecule has 4 N–H and O–H groups in total. The summed E-state index contributed by atoms with van der Waals surface area (Å²) in [4.78, 5) is 13.9. The van der Waals surface area contributed by atoms with E-state index in [9.17, 15) is 5.11 Å². The van der Waals surface area contributed by atoms with Crippen molar-refractivity contribution in [2.75, 3.05) is 5.73 Å². The number of nitrogens with one attached hydrogen (secondary N) is 1. The summed E-state index contributed by atoms with van der Waals surface area (Å²) in [6.07, 6.45) is 3.42. The number of H-pyrrole nitrogens is 1. The number of hydrogen-bond acceptors (Lipinski definition) is 7. The molecule has 7 nitrogen and oxygen atoms in total. The van der Waals surface area contributed by atoms with E-state index in [0.29, 0.717) is 27.0 Å². The highest BCUT2D eigenvalue weighted by Gasteiger charge is 2.19. The van der Waals surface area contributed by atoms with E-state index in [2.05, 4.69) is 25.1 Å². The molecule has 0 unspecified atom stereocenters. The molecule has 0 aliphatic heterocycles. The number of thiazole rings is 1. The van der Waals surface area contributed by atoms with Crippen molar-refractivity contribution in [1.29, 1.82) is 0 Å². The first-order chi connectivity index (χ1) is 11.5. The number of nitrogens with zero attached hydrogens (tertiary/aromatic N) is 4. The van der Waals surface area contributed by atoms with Crippen LogP contribution in [0.5, 0.6) is 5.88 Å². The van der Waals surface area contributed by atoms with Gasteiger partial charge in [-0.1, -0.05) is 11.6 Å². The number of benzene rings is 1. The highest BCUT2D eigenvalue weighted by atomic mass is 35.5. The summed E-state index contributed by atoms with van der Waals surface area (Å²) >= 11 is 7.78. The van der Waals surface area contributed by atoms with Gasteiger partial charge >= 0.3 is 0 Å². The Morgan fingerprint density at radius 3 is 2.79 bits per heavy atom. The number of rotatable bonds is 2. The molecule has 4 rings (SSSR count). The normalized spacial score (nSPS) is 11.2. The van der Waals surface area contributed by atoms with Crippen LogP contribution >= 0.6 is 22.9 Å². The van der Waals surface area contributed by atoms with Crippen molar-refractivity contribution in [2.45, 2.75) is 6.92 Å². The molecule has 0 atom stereocenters. The van der Waals surface area contributed by atoms with Gasteiger partial charge in [-0.15, -0.1) is 11.3 Å². The van der Waals surface area contributed by atoms with E-state index in [1.54, 1.807) is 18.5 Å². The molecule has 0 radical (unpaired) electrons. The van der Waals surface area contributed by atoms with Crippen molar-refractivity contribution in [3.8, 4) is 27.8 Å². The molecule has 0 spiro atoms. The second kappa shape index (κ2) is 5.43. The number of hydrogen-bond donors (Lipinski definition) is 3. The molecule has 0 saturated heterocycles. The number of halogens is 1. The average Bonchev–Trinajstić information content (AvgIpc) is 3.18. The molecule has 1 aromatic carbocycles. The van der Waals surface area contributed by atoms with Crippen LogP contribution < -0.4 is 5.73 Å². The zero-order chi connectivity index (χ0) is 16.8. The highest BCUT2D eigenvalue weighted by Crippen LogP contribution is 2.37. The van der Waals surface area contributed by atoms with Crippen molar-refractivity contribution < 1.29 is 5.11 Å². The van der Waals surface area contributed by atoms with Crippen molar-refractivity contribution >= 4 is 39.7 Å². The van der Waals surface area contributed by atoms with Gasteiger partial charge in [-0.05, 0) is 19.1 Å². The second-order valence-corrected chi connectivity index (χ2v) is 6.84. The number of aromatic amines is 1. The van der Waals surface area contributed by atoms with Gasteiger partial charge in [0, 0.05) is 22.0 Å². The van der Waals surface area contributed by atoms with Gasteiger partial charge in [0.05, 0.1) is 16.7 Å². The lowest BCUT2D eigenvalue weighted by atomic mass is 10.1. The molecule has 0 amide bonds. The van der Waals surface area contributed by atoms with Crippen LogP contribution in [0.25, 0.3) is 32.9 Å². The van der Waals surface area contributed by atoms with Crippen LogP contribution in [0.15, 0.2) is 24.5 Å². The van der Waals surface area contributed by atoms with Gasteiger partial charge in [-0.25, -0.2) is 15.0 Å². The van der Waals surface area contributed by atoms with E-state index >= 15 is 0 Å². The quantitative estimate of drug-likeness (QED) is 0.506. The lowest BCUT2D eigenvalue weighted by Crippen LogP contribution is -1.99. The topological polar surface area (TPSA) is 114 Å². The Kier molecular flexibility index (Phi) is 3.36. The number of aryl methyl sites for hydroxylation is 1. The predicted molar refractivity (Wildman–Crippen MR) is 94.1 cm³/mol. The lowest BCUT2D eigenvalue weighted by molar-refractivity contribution is 0.455. The van der Waals surface area contributed by atoms with Gasteiger partial charge in [0.25, 0.3) is 5.88 Å². The maximum Gasteiger partial charge on any atom is 0.255 e. The summed E-state index contributed by atoms with van der Waals surface area (Å²) in [5.41, 5.74) is 8.12. The molecule has 0 aliphatic rings. The molecule has 0 saturated carbocycles. The first kappa shape index (κ1) is 14.9. The number of anilines is 1. The van der Waals surface area contributed by atoms with Crippen molar-refractivity contribution in [2.24, 2.45) is 0 Å². The molecule has 0 aliphatic carbocycles. The zero-order valence-corrected chi connectivity index (χ0v) is 14.0. The fourth-order valence-corrected chi connectivity index (χ4v) is 3.43. The molecular formula is C15H11ClN6OS. The summed E-state index contributed by atoms with van der Waals surface area (Å²) in [6, 6.07) is 3.61. The fraction of sp³-hybridized carbons (Fsp3) is 0.0667. The molecule has 9 heteroatoms. The monoisotopic (exact) mass is 358 g/mol. The number of aromatic nitrogens is 5. The van der Waals surface area contributed by atoms with Crippen molar-refractivity contribution in [1.82, 2.24) is 25.1 Å². The number of fused-ring (bicyclic) bond motifs is 1. The van der Waals surface area contributed by atoms with Gasteiger partial charge in [0.2, 0.25) is 0 Å². The minimum absolute atomic E-state index is 0.0444. The number of aromatic hydroxyl groups is 1. The Labute approximate surface area is 145 Å². The van der Waals surface area contributed by atoms with Gasteiger partial charge in [0.15, 0.2) is 5.82 Å². The molecular weight excluding hydrogens is 348 g/mol. The first-order valence-electron chi connectivity index (χ1n) is 6.95. The van der Waals surface area contributed by atoms with Crippen LogP contribution in [0.3, 0.4) is 0 Å². The molecule has 120 valence electrons. The largest absolute Gasteiger partial charge is 0.491 e. The minimum atomic E-state index is -0.328. The predicted octanol–water partition coefficient (Wildman–Crippen LogP) is 3.39. The Balaban J connectivity index is 2.00. The summed E-state index contributed by atoms with van der Waals surface area (Å²) in [5, 5.41) is 18.7. The standard InChI is InChI=1S/C15H11ClN6OS/c1-6-4-18-15(24-6)12-11(21-14(23)13(17)20-12)7-2-8-5-19-22-10(8)9(16)3-7/h2-5H,1H3,(H2,17,20)(H,19,22)(H,21,23).